The number of Topliss-reactive ketones (excluding diaryl/α,β-unsaturated/α-hetero) is 1. The van der Waals surface area contributed by atoms with Gasteiger partial charge in [-0.15, -0.1) is 0 Å². The lowest BCUT2D eigenvalue weighted by Gasteiger charge is -2.01. The minimum Gasteiger partial charge on any atom is -0.342 e. The van der Waals surface area contributed by atoms with E-state index in [-0.39, 0.29) is 5.82 Å². The average molecular weight is 242 g/mol. The highest BCUT2D eigenvalue weighted by Gasteiger charge is 2.38. The predicted octanol–water partition coefficient (Wildman–Crippen LogP) is 2.55. The van der Waals surface area contributed by atoms with Crippen LogP contribution in [-0.4, -0.2) is 21.9 Å². The molecule has 0 atom stereocenters. The Morgan fingerprint density at radius 1 is 1.41 bits per heavy atom. The van der Waals surface area contributed by atoms with Gasteiger partial charge in [-0.05, 0) is 18.6 Å². The van der Waals surface area contributed by atoms with Crippen LogP contribution in [0.4, 0.5) is 13.2 Å². The molecule has 2 rings (SSSR count). The first kappa shape index (κ1) is 11.6. The third-order valence-electron chi connectivity index (χ3n) is 2.41. The molecule has 0 saturated heterocycles. The van der Waals surface area contributed by atoms with Gasteiger partial charge in [0.15, 0.2) is 0 Å². The molecule has 0 saturated carbocycles. The normalized spacial score (nSPS) is 12.0. The number of nitrogens with one attached hydrogen (secondary N) is 1. The van der Waals surface area contributed by atoms with E-state index in [1.807, 2.05) is 0 Å². The Kier molecular flexibility index (Phi) is 2.65. The topological polar surface area (TPSA) is 45.8 Å². The highest BCUT2D eigenvalue weighted by Crippen LogP contribution is 2.20. The first-order valence-electron chi connectivity index (χ1n) is 4.92. The van der Waals surface area contributed by atoms with Crippen LogP contribution in [0.15, 0.2) is 18.2 Å². The van der Waals surface area contributed by atoms with Crippen molar-refractivity contribution in [3.63, 3.8) is 0 Å². The van der Waals surface area contributed by atoms with Crippen LogP contribution in [-0.2, 0) is 11.2 Å². The van der Waals surface area contributed by atoms with Gasteiger partial charge in [-0.3, -0.25) is 4.79 Å². The molecular weight excluding hydrogens is 233 g/mol. The van der Waals surface area contributed by atoms with Crippen molar-refractivity contribution in [3.05, 3.63) is 29.6 Å². The summed E-state index contributed by atoms with van der Waals surface area (Å²) in [4.78, 5) is 17.5. The summed E-state index contributed by atoms with van der Waals surface area (Å²) in [5.74, 6) is -1.76. The van der Waals surface area contributed by atoms with Gasteiger partial charge >= 0.3 is 6.18 Å². The number of hydrogen-bond acceptors (Lipinski definition) is 2. The van der Waals surface area contributed by atoms with E-state index >= 15 is 0 Å². The van der Waals surface area contributed by atoms with E-state index in [2.05, 4.69) is 9.97 Å². The van der Waals surface area contributed by atoms with Crippen LogP contribution in [0.1, 0.15) is 11.4 Å². The number of nitrogens with zero attached hydrogens (tertiary/aromatic N) is 1. The van der Waals surface area contributed by atoms with Crippen molar-refractivity contribution in [2.75, 3.05) is 0 Å². The van der Waals surface area contributed by atoms with Gasteiger partial charge < -0.3 is 4.98 Å². The zero-order valence-corrected chi connectivity index (χ0v) is 8.93. The minimum absolute atomic E-state index is 0.0385. The van der Waals surface area contributed by atoms with Gasteiger partial charge in [-0.2, -0.15) is 13.2 Å². The molecule has 0 aliphatic heterocycles. The molecule has 0 amide bonds. The minimum atomic E-state index is -4.81. The van der Waals surface area contributed by atoms with E-state index in [0.717, 1.165) is 5.56 Å². The Morgan fingerprint density at radius 3 is 2.71 bits per heavy atom. The molecule has 90 valence electrons. The maximum Gasteiger partial charge on any atom is 0.450 e. The van der Waals surface area contributed by atoms with Crippen LogP contribution in [0.2, 0.25) is 0 Å². The second-order valence-electron chi connectivity index (χ2n) is 3.75. The van der Waals surface area contributed by atoms with Crippen molar-refractivity contribution in [2.24, 2.45) is 0 Å². The number of carbonyl (C=O) groups excluding carboxylic acids is 1. The van der Waals surface area contributed by atoms with Crippen LogP contribution >= 0.6 is 0 Å². The number of fused-ring (bicyclic) bond motifs is 1. The third-order valence-corrected chi connectivity index (χ3v) is 2.41. The van der Waals surface area contributed by atoms with Gasteiger partial charge in [-0.1, -0.05) is 12.1 Å². The summed E-state index contributed by atoms with van der Waals surface area (Å²) in [7, 11) is 0. The number of H-pyrrole nitrogens is 1. The highest BCUT2D eigenvalue weighted by molar-refractivity contribution is 5.86. The quantitative estimate of drug-likeness (QED) is 0.879. The average Bonchev–Trinajstić information content (AvgIpc) is 2.60. The van der Waals surface area contributed by atoms with E-state index in [9.17, 15) is 18.0 Å². The van der Waals surface area contributed by atoms with Crippen molar-refractivity contribution in [1.29, 1.82) is 0 Å². The number of carbonyl (C=O) groups is 1. The molecule has 1 aromatic carbocycles. The zero-order chi connectivity index (χ0) is 12.6. The van der Waals surface area contributed by atoms with Gasteiger partial charge in [0.05, 0.1) is 17.5 Å². The van der Waals surface area contributed by atoms with Crippen LogP contribution in [0.25, 0.3) is 11.0 Å². The number of ketones is 1. The van der Waals surface area contributed by atoms with Gasteiger partial charge in [0.2, 0.25) is 5.78 Å². The molecule has 2 aromatic rings. The molecule has 1 heterocycles. The largest absolute Gasteiger partial charge is 0.450 e. The fourth-order valence-corrected chi connectivity index (χ4v) is 1.56. The van der Waals surface area contributed by atoms with Gasteiger partial charge in [-0.25, -0.2) is 4.98 Å². The molecule has 0 aliphatic carbocycles. The second kappa shape index (κ2) is 3.87. The standard InChI is InChI=1S/C11H9F3N2O/c1-6-3-2-4-7-10(6)16-9(15-7)5-8(17)11(12,13)14/h2-4H,5H2,1H3,(H,15,16). The fraction of sp³-hybridized carbons (Fsp3) is 0.273. The summed E-state index contributed by atoms with van der Waals surface area (Å²) in [6.07, 6.45) is -5.56. The molecule has 6 heteroatoms. The van der Waals surface area contributed by atoms with Crippen molar-refractivity contribution >= 4 is 16.8 Å². The zero-order valence-electron chi connectivity index (χ0n) is 8.93. The van der Waals surface area contributed by atoms with E-state index in [1.54, 1.807) is 25.1 Å². The lowest BCUT2D eigenvalue weighted by molar-refractivity contribution is -0.170. The molecule has 0 aliphatic rings. The summed E-state index contributed by atoms with van der Waals surface area (Å²) in [5.41, 5.74) is 2.08. The van der Waals surface area contributed by atoms with Crippen molar-refractivity contribution < 1.29 is 18.0 Å². The maximum atomic E-state index is 12.1. The van der Waals surface area contributed by atoms with E-state index in [1.165, 1.54) is 0 Å². The predicted molar refractivity (Wildman–Crippen MR) is 55.6 cm³/mol. The number of rotatable bonds is 2. The summed E-state index contributed by atoms with van der Waals surface area (Å²) >= 11 is 0. The number of halogens is 3. The first-order chi connectivity index (χ1) is 7.88. The number of hydrogen-bond donors (Lipinski definition) is 1. The Labute approximate surface area is 94.7 Å². The maximum absolute atomic E-state index is 12.1. The molecule has 1 aromatic heterocycles. The molecule has 0 bridgehead atoms. The highest BCUT2D eigenvalue weighted by atomic mass is 19.4. The number of aromatic amines is 1. The van der Waals surface area contributed by atoms with Crippen molar-refractivity contribution in [1.82, 2.24) is 9.97 Å². The Bertz CT molecular complexity index is 572. The van der Waals surface area contributed by atoms with E-state index < -0.39 is 18.4 Å². The lowest BCUT2D eigenvalue weighted by Crippen LogP contribution is -2.24. The van der Waals surface area contributed by atoms with Crippen molar-refractivity contribution in [3.8, 4) is 0 Å². The van der Waals surface area contributed by atoms with Crippen LogP contribution in [0.5, 0.6) is 0 Å². The molecule has 0 fully saturated rings. The monoisotopic (exact) mass is 242 g/mol. The number of aryl methyl sites for hydroxylation is 1. The third kappa shape index (κ3) is 2.30. The number of aromatic nitrogens is 2. The van der Waals surface area contributed by atoms with Gasteiger partial charge in [0.1, 0.15) is 5.82 Å². The van der Waals surface area contributed by atoms with Crippen molar-refractivity contribution in [2.45, 2.75) is 19.5 Å². The summed E-state index contributed by atoms with van der Waals surface area (Å²) in [5, 5.41) is 0. The Hall–Kier alpha value is -1.85. The second-order valence-corrected chi connectivity index (χ2v) is 3.75. The fourth-order valence-electron chi connectivity index (χ4n) is 1.56. The molecular formula is C11H9F3N2O. The molecule has 0 spiro atoms. The Balaban J connectivity index is 2.32. The Morgan fingerprint density at radius 2 is 2.12 bits per heavy atom. The SMILES string of the molecule is Cc1cccc2[nH]c(CC(=O)C(F)(F)F)nc12. The number of para-hydroxylation sites is 1. The van der Waals surface area contributed by atoms with Crippen LogP contribution in [0.3, 0.4) is 0 Å². The number of alkyl halides is 3. The molecule has 1 N–H and O–H groups in total. The lowest BCUT2D eigenvalue weighted by atomic mass is 10.2. The van der Waals surface area contributed by atoms with Crippen LogP contribution in [0, 0.1) is 6.92 Å². The summed E-state index contributed by atoms with van der Waals surface area (Å²) in [6.45, 7) is 1.80. The van der Waals surface area contributed by atoms with E-state index in [4.69, 9.17) is 0 Å². The van der Waals surface area contributed by atoms with Gasteiger partial charge in [0.25, 0.3) is 0 Å². The smallest absolute Gasteiger partial charge is 0.342 e. The van der Waals surface area contributed by atoms with Crippen LogP contribution < -0.4 is 0 Å². The summed E-state index contributed by atoms with van der Waals surface area (Å²) in [6, 6.07) is 5.28. The molecule has 0 unspecified atom stereocenters. The molecule has 3 nitrogen and oxygen atoms in total. The number of benzene rings is 1. The molecule has 0 radical (unpaired) electrons. The number of imidazole rings is 1. The van der Waals surface area contributed by atoms with Gasteiger partial charge in [0, 0.05) is 0 Å². The van der Waals surface area contributed by atoms with E-state index in [0.29, 0.717) is 11.0 Å². The summed E-state index contributed by atoms with van der Waals surface area (Å²) < 4.78 is 36.2. The first-order valence-corrected chi connectivity index (χ1v) is 4.92. The molecule has 17 heavy (non-hydrogen) atoms.